The number of ether oxygens (including phenoxy) is 11. The second-order valence-corrected chi connectivity index (χ2v) is 13.1. The van der Waals surface area contributed by atoms with Crippen LogP contribution in [0, 0.1) is 0 Å². The number of fused-ring (bicyclic) bond motifs is 1. The minimum absolute atomic E-state index is 0.126. The molecule has 0 N–H and O–H groups in total. The zero-order valence-corrected chi connectivity index (χ0v) is 29.1. The third-order valence-electron chi connectivity index (χ3n) is 8.38. The molecule has 0 aliphatic carbocycles. The summed E-state index contributed by atoms with van der Waals surface area (Å²) in [7, 11) is 2.91. The second kappa shape index (κ2) is 16.5. The maximum atomic E-state index is 12.6. The van der Waals surface area contributed by atoms with Crippen molar-refractivity contribution in [1.82, 2.24) is 0 Å². The Hall–Kier alpha value is -2.82. The SMILES string of the molecule is COC(OC)[C@@H]1OC(C)(C)O[C@H]1[C@H](O[C@@H]1O[C@H](COCc2ccccc2)[C@@H]2OC(C)(C)O[C@@H]2[C@H]1OCc1ccccc1)[C@@H](C=O)OC(C)=O. The number of carbonyl (C=O) groups excluding carboxylic acids is 2. The molecule has 0 bridgehead atoms. The molecule has 5 rings (SSSR count). The number of aldehydes is 1. The number of esters is 1. The molecule has 3 fully saturated rings. The van der Waals surface area contributed by atoms with Gasteiger partial charge in [-0.25, -0.2) is 0 Å². The Balaban J connectivity index is 1.49. The molecule has 0 aromatic heterocycles. The van der Waals surface area contributed by atoms with Gasteiger partial charge in [0, 0.05) is 21.1 Å². The summed E-state index contributed by atoms with van der Waals surface area (Å²) in [5, 5.41) is 0. The van der Waals surface area contributed by atoms with Crippen molar-refractivity contribution in [2.45, 2.75) is 121 Å². The van der Waals surface area contributed by atoms with Crippen LogP contribution in [-0.4, -0.2) is 106 Å². The molecule has 13 nitrogen and oxygen atoms in total. The molecule has 2 aromatic rings. The smallest absolute Gasteiger partial charge is 0.303 e. The molecule has 9 atom stereocenters. The summed E-state index contributed by atoms with van der Waals surface area (Å²) in [5.41, 5.74) is 1.90. The van der Waals surface area contributed by atoms with Gasteiger partial charge in [-0.3, -0.25) is 9.59 Å². The van der Waals surface area contributed by atoms with Crippen LogP contribution in [0.25, 0.3) is 0 Å². The number of hydrogen-bond acceptors (Lipinski definition) is 13. The quantitative estimate of drug-likeness (QED) is 0.144. The molecule has 0 saturated carbocycles. The van der Waals surface area contributed by atoms with Gasteiger partial charge < -0.3 is 52.1 Å². The first-order valence-electron chi connectivity index (χ1n) is 16.4. The van der Waals surface area contributed by atoms with Gasteiger partial charge in [-0.15, -0.1) is 0 Å². The largest absolute Gasteiger partial charge is 0.452 e. The molecule has 2 aromatic carbocycles. The van der Waals surface area contributed by atoms with E-state index in [9.17, 15) is 9.59 Å². The van der Waals surface area contributed by atoms with Crippen molar-refractivity contribution < 1.29 is 61.7 Å². The molecular formula is C36H48O13. The van der Waals surface area contributed by atoms with Crippen molar-refractivity contribution in [1.29, 1.82) is 0 Å². The van der Waals surface area contributed by atoms with Crippen LogP contribution in [0.2, 0.25) is 0 Å². The first kappa shape index (κ1) is 37.4. The average molecular weight is 689 g/mol. The van der Waals surface area contributed by atoms with Gasteiger partial charge in [-0.1, -0.05) is 60.7 Å². The van der Waals surface area contributed by atoms with Crippen LogP contribution in [0.1, 0.15) is 45.7 Å². The van der Waals surface area contributed by atoms with Crippen LogP contribution in [-0.2, 0) is 74.9 Å². The van der Waals surface area contributed by atoms with Crippen LogP contribution in [0.4, 0.5) is 0 Å². The van der Waals surface area contributed by atoms with Crippen LogP contribution >= 0.6 is 0 Å². The van der Waals surface area contributed by atoms with Crippen molar-refractivity contribution in [3.63, 3.8) is 0 Å². The Morgan fingerprint density at radius 2 is 1.39 bits per heavy atom. The molecule has 3 aliphatic rings. The summed E-state index contributed by atoms with van der Waals surface area (Å²) in [6, 6.07) is 19.4. The molecule has 49 heavy (non-hydrogen) atoms. The molecule has 0 radical (unpaired) electrons. The molecule has 3 aliphatic heterocycles. The Labute approximate surface area is 287 Å². The summed E-state index contributed by atoms with van der Waals surface area (Å²) in [6.45, 7) is 8.90. The van der Waals surface area contributed by atoms with Crippen LogP contribution in [0.5, 0.6) is 0 Å². The third kappa shape index (κ3) is 9.50. The number of carbonyl (C=O) groups is 2. The van der Waals surface area contributed by atoms with E-state index in [4.69, 9.17) is 52.1 Å². The lowest BCUT2D eigenvalue weighted by molar-refractivity contribution is -0.321. The minimum atomic E-state index is -1.43. The van der Waals surface area contributed by atoms with Crippen LogP contribution < -0.4 is 0 Å². The highest BCUT2D eigenvalue weighted by molar-refractivity contribution is 5.70. The highest BCUT2D eigenvalue weighted by Crippen LogP contribution is 2.41. The van der Waals surface area contributed by atoms with Gasteiger partial charge in [-0.05, 0) is 38.8 Å². The maximum Gasteiger partial charge on any atom is 0.303 e. The monoisotopic (exact) mass is 688 g/mol. The fraction of sp³-hybridized carbons (Fsp3) is 0.611. The summed E-state index contributed by atoms with van der Waals surface area (Å²) >= 11 is 0. The van der Waals surface area contributed by atoms with E-state index in [0.717, 1.165) is 11.1 Å². The van der Waals surface area contributed by atoms with Gasteiger partial charge in [0.1, 0.15) is 42.7 Å². The molecule has 0 amide bonds. The number of hydrogen-bond donors (Lipinski definition) is 0. The Morgan fingerprint density at radius 3 is 1.98 bits per heavy atom. The van der Waals surface area contributed by atoms with Crippen molar-refractivity contribution >= 4 is 12.3 Å². The molecule has 0 spiro atoms. The summed E-state index contributed by atoms with van der Waals surface area (Å²) in [5.74, 6) is -2.82. The van der Waals surface area contributed by atoms with Gasteiger partial charge in [0.25, 0.3) is 0 Å². The maximum absolute atomic E-state index is 12.6. The Morgan fingerprint density at radius 1 is 0.816 bits per heavy atom. The summed E-state index contributed by atoms with van der Waals surface area (Å²) < 4.78 is 67.8. The van der Waals surface area contributed by atoms with E-state index in [1.54, 1.807) is 13.8 Å². The third-order valence-corrected chi connectivity index (χ3v) is 8.38. The lowest BCUT2D eigenvalue weighted by Crippen LogP contribution is -2.62. The lowest BCUT2D eigenvalue weighted by atomic mass is 9.98. The number of benzene rings is 2. The highest BCUT2D eigenvalue weighted by Gasteiger charge is 2.59. The molecule has 3 heterocycles. The van der Waals surface area contributed by atoms with E-state index in [1.807, 2.05) is 74.5 Å². The van der Waals surface area contributed by atoms with Crippen molar-refractivity contribution in [3.05, 3.63) is 71.8 Å². The topological polar surface area (TPSA) is 136 Å². The average Bonchev–Trinajstić information content (AvgIpc) is 3.57. The predicted molar refractivity (Wildman–Crippen MR) is 172 cm³/mol. The van der Waals surface area contributed by atoms with E-state index < -0.39 is 79.0 Å². The molecule has 13 heteroatoms. The fourth-order valence-electron chi connectivity index (χ4n) is 6.40. The zero-order chi connectivity index (χ0) is 35.2. The predicted octanol–water partition coefficient (Wildman–Crippen LogP) is 3.69. The van der Waals surface area contributed by atoms with E-state index in [1.165, 1.54) is 21.1 Å². The van der Waals surface area contributed by atoms with Crippen LogP contribution in [0.3, 0.4) is 0 Å². The van der Waals surface area contributed by atoms with Crippen molar-refractivity contribution in [2.24, 2.45) is 0 Å². The van der Waals surface area contributed by atoms with Gasteiger partial charge in [-0.2, -0.15) is 0 Å². The minimum Gasteiger partial charge on any atom is -0.452 e. The normalized spacial score (nSPS) is 30.1. The second-order valence-electron chi connectivity index (χ2n) is 13.1. The Bertz CT molecular complexity index is 1330. The zero-order valence-electron chi connectivity index (χ0n) is 29.1. The number of rotatable bonds is 16. The van der Waals surface area contributed by atoms with E-state index >= 15 is 0 Å². The standard InChI is InChI=1S/C36H48O13/c1-22(38)43-25(18-37)27(29-32(33(39-6)40-7)49-36(4,5)47-29)45-34-31(42-20-24-16-12-9-13-17-24)30-28(46-35(2,3)48-30)26(44-34)21-41-19-23-14-10-8-11-15-23/h8-18,25-34H,19-21H2,1-7H3/t25-,26-,27-,28+,29+,30+,31-,32-,34+/m1/s1. The first-order valence-corrected chi connectivity index (χ1v) is 16.4. The number of methoxy groups -OCH3 is 2. The van der Waals surface area contributed by atoms with E-state index in [-0.39, 0.29) is 13.2 Å². The van der Waals surface area contributed by atoms with Gasteiger partial charge in [0.15, 0.2) is 36.5 Å². The lowest BCUT2D eigenvalue weighted by Gasteiger charge is -2.44. The highest BCUT2D eigenvalue weighted by atomic mass is 16.8. The molecule has 0 unspecified atom stereocenters. The van der Waals surface area contributed by atoms with E-state index in [2.05, 4.69) is 0 Å². The van der Waals surface area contributed by atoms with Gasteiger partial charge >= 0.3 is 5.97 Å². The van der Waals surface area contributed by atoms with Crippen molar-refractivity contribution in [2.75, 3.05) is 20.8 Å². The fourth-order valence-corrected chi connectivity index (χ4v) is 6.40. The summed E-state index contributed by atoms with van der Waals surface area (Å²) in [4.78, 5) is 24.8. The van der Waals surface area contributed by atoms with Crippen molar-refractivity contribution in [3.8, 4) is 0 Å². The molecular weight excluding hydrogens is 640 g/mol. The molecule has 270 valence electrons. The van der Waals surface area contributed by atoms with Crippen LogP contribution in [0.15, 0.2) is 60.7 Å². The Kier molecular flexibility index (Phi) is 12.6. The van der Waals surface area contributed by atoms with Gasteiger partial charge in [0.2, 0.25) is 0 Å². The first-order chi connectivity index (χ1) is 23.4. The van der Waals surface area contributed by atoms with Gasteiger partial charge in [0.05, 0.1) is 19.8 Å². The molecule has 3 saturated heterocycles. The summed E-state index contributed by atoms with van der Waals surface area (Å²) in [6.07, 6.45) is -9.09. The van der Waals surface area contributed by atoms with E-state index in [0.29, 0.717) is 12.9 Å².